The van der Waals surface area contributed by atoms with Gasteiger partial charge in [-0.2, -0.15) is 0 Å². The van der Waals surface area contributed by atoms with Crippen LogP contribution in [0.25, 0.3) is 0 Å². The zero-order chi connectivity index (χ0) is 16.8. The Morgan fingerprint density at radius 2 is 1.88 bits per heavy atom. The van der Waals surface area contributed by atoms with Crippen molar-refractivity contribution in [3.63, 3.8) is 0 Å². The van der Waals surface area contributed by atoms with Crippen LogP contribution in [0.5, 0.6) is 0 Å². The lowest BCUT2D eigenvalue weighted by Crippen LogP contribution is -2.47. The zero-order valence-corrected chi connectivity index (χ0v) is 15.6. The van der Waals surface area contributed by atoms with Gasteiger partial charge in [-0.25, -0.2) is 4.39 Å². The molecule has 0 radical (unpaired) electrons. The number of likely N-dealkylation sites (tertiary alicyclic amines) is 1. The normalized spacial score (nSPS) is 19.5. The molecule has 25 heavy (non-hydrogen) atoms. The maximum atomic E-state index is 13.3. The Kier molecular flexibility index (Phi) is 8.13. The third-order valence-electron chi connectivity index (χ3n) is 5.23. The van der Waals surface area contributed by atoms with E-state index in [1.54, 1.807) is 12.1 Å². The molecule has 1 aromatic carbocycles. The van der Waals surface area contributed by atoms with Gasteiger partial charge in [-0.1, -0.05) is 12.1 Å². The van der Waals surface area contributed by atoms with E-state index in [0.717, 1.165) is 70.6 Å². The van der Waals surface area contributed by atoms with Gasteiger partial charge in [-0.3, -0.25) is 4.79 Å². The summed E-state index contributed by atoms with van der Waals surface area (Å²) in [4.78, 5) is 16.6. The predicted molar refractivity (Wildman–Crippen MR) is 101 cm³/mol. The number of nitrogens with zero attached hydrogens (tertiary/aromatic N) is 2. The smallest absolute Gasteiger partial charge is 0.223 e. The molecule has 2 heterocycles. The number of hydrogen-bond donors (Lipinski definition) is 1. The van der Waals surface area contributed by atoms with Crippen LogP contribution < -0.4 is 5.32 Å². The van der Waals surface area contributed by atoms with Gasteiger partial charge in [0.05, 0.1) is 0 Å². The van der Waals surface area contributed by atoms with Gasteiger partial charge in [0, 0.05) is 39.1 Å². The Hall–Kier alpha value is -1.17. The Bertz CT molecular complexity index is 543. The van der Waals surface area contributed by atoms with Gasteiger partial charge in [-0.15, -0.1) is 12.4 Å². The number of hydrogen-bond acceptors (Lipinski definition) is 3. The van der Waals surface area contributed by atoms with Crippen LogP contribution >= 0.6 is 12.4 Å². The molecule has 1 N–H and O–H groups in total. The lowest BCUT2D eigenvalue weighted by Gasteiger charge is -2.33. The number of benzene rings is 1. The van der Waals surface area contributed by atoms with Crippen molar-refractivity contribution in [1.29, 1.82) is 0 Å². The van der Waals surface area contributed by atoms with E-state index in [9.17, 15) is 9.18 Å². The number of carbonyl (C=O) groups excluding carboxylic acids is 1. The van der Waals surface area contributed by atoms with Crippen molar-refractivity contribution in [2.45, 2.75) is 25.7 Å². The number of piperazine rings is 1. The summed E-state index contributed by atoms with van der Waals surface area (Å²) in [6.45, 7) is 6.48. The fourth-order valence-electron chi connectivity index (χ4n) is 3.74. The summed E-state index contributed by atoms with van der Waals surface area (Å²) in [6, 6.07) is 6.96. The van der Waals surface area contributed by atoms with Crippen molar-refractivity contribution in [3.8, 4) is 0 Å². The first-order chi connectivity index (χ1) is 11.7. The lowest BCUT2D eigenvalue weighted by atomic mass is 9.90. The van der Waals surface area contributed by atoms with Crippen molar-refractivity contribution in [3.05, 3.63) is 35.6 Å². The van der Waals surface area contributed by atoms with E-state index in [0.29, 0.717) is 18.2 Å². The minimum absolute atomic E-state index is 0. The van der Waals surface area contributed by atoms with Crippen molar-refractivity contribution in [1.82, 2.24) is 15.1 Å². The molecular weight excluding hydrogens is 341 g/mol. The summed E-state index contributed by atoms with van der Waals surface area (Å²) in [7, 11) is 0. The summed E-state index contributed by atoms with van der Waals surface area (Å²) in [5.41, 5.74) is 1.10. The highest BCUT2D eigenvalue weighted by Gasteiger charge is 2.21. The quantitative estimate of drug-likeness (QED) is 0.865. The van der Waals surface area contributed by atoms with Crippen LogP contribution in [0.2, 0.25) is 0 Å². The second kappa shape index (κ2) is 10.1. The van der Waals surface area contributed by atoms with Crippen LogP contribution in [0.3, 0.4) is 0 Å². The minimum atomic E-state index is -0.142. The first kappa shape index (κ1) is 20.1. The van der Waals surface area contributed by atoms with Crippen molar-refractivity contribution >= 4 is 18.3 Å². The Balaban J connectivity index is 0.00000225. The first-order valence-corrected chi connectivity index (χ1v) is 9.16. The topological polar surface area (TPSA) is 35.6 Å². The number of carbonyl (C=O) groups is 1. The molecule has 0 atom stereocenters. The molecule has 2 saturated heterocycles. The molecule has 1 amide bonds. The second-order valence-electron chi connectivity index (χ2n) is 7.00. The summed E-state index contributed by atoms with van der Waals surface area (Å²) >= 11 is 0. The van der Waals surface area contributed by atoms with Gasteiger partial charge >= 0.3 is 0 Å². The monoisotopic (exact) mass is 369 g/mol. The average molecular weight is 370 g/mol. The molecule has 6 heteroatoms. The third-order valence-corrected chi connectivity index (χ3v) is 5.23. The molecule has 4 nitrogen and oxygen atoms in total. The number of rotatable bonds is 5. The molecule has 0 spiro atoms. The van der Waals surface area contributed by atoms with Crippen LogP contribution in [0.15, 0.2) is 24.3 Å². The molecule has 2 aliphatic heterocycles. The van der Waals surface area contributed by atoms with Crippen molar-refractivity contribution in [2.75, 3.05) is 45.8 Å². The molecule has 0 saturated carbocycles. The SMILES string of the molecule is Cl.O=C(CCN1CCC(Cc2cccc(F)c2)CC1)N1CCNCC1. The molecule has 0 bridgehead atoms. The molecular formula is C19H29ClFN3O. The van der Waals surface area contributed by atoms with Crippen LogP contribution in [0, 0.1) is 11.7 Å². The Labute approximate surface area is 156 Å². The van der Waals surface area contributed by atoms with E-state index >= 15 is 0 Å². The highest BCUT2D eigenvalue weighted by Crippen LogP contribution is 2.22. The fourth-order valence-corrected chi connectivity index (χ4v) is 3.74. The van der Waals surface area contributed by atoms with Crippen molar-refractivity contribution in [2.24, 2.45) is 5.92 Å². The summed E-state index contributed by atoms with van der Waals surface area (Å²) in [5.74, 6) is 0.779. The van der Waals surface area contributed by atoms with Gasteiger partial charge in [0.15, 0.2) is 0 Å². The number of piperidine rings is 1. The molecule has 2 aliphatic rings. The average Bonchev–Trinajstić information content (AvgIpc) is 2.62. The molecule has 3 rings (SSSR count). The largest absolute Gasteiger partial charge is 0.340 e. The molecule has 0 aromatic heterocycles. The van der Waals surface area contributed by atoms with E-state index < -0.39 is 0 Å². The lowest BCUT2D eigenvalue weighted by molar-refractivity contribution is -0.132. The van der Waals surface area contributed by atoms with Gasteiger partial charge in [0.2, 0.25) is 5.91 Å². The van der Waals surface area contributed by atoms with Crippen LogP contribution in [-0.4, -0.2) is 61.5 Å². The Morgan fingerprint density at radius 3 is 2.56 bits per heavy atom. The fraction of sp³-hybridized carbons (Fsp3) is 0.632. The molecule has 140 valence electrons. The highest BCUT2D eigenvalue weighted by atomic mass is 35.5. The molecule has 1 aromatic rings. The first-order valence-electron chi connectivity index (χ1n) is 9.16. The predicted octanol–water partition coefficient (Wildman–Crippen LogP) is 2.32. The second-order valence-corrected chi connectivity index (χ2v) is 7.00. The van der Waals surface area contributed by atoms with Crippen LogP contribution in [0.4, 0.5) is 4.39 Å². The van der Waals surface area contributed by atoms with E-state index in [-0.39, 0.29) is 18.2 Å². The molecule has 0 aliphatic carbocycles. The maximum absolute atomic E-state index is 13.3. The standard InChI is InChI=1S/C19H28FN3O.ClH/c20-18-3-1-2-17(15-18)14-16-4-9-22(10-5-16)11-6-19(24)23-12-7-21-8-13-23;/h1-3,15-16,21H,4-14H2;1H. The van der Waals surface area contributed by atoms with E-state index in [2.05, 4.69) is 10.2 Å². The van der Waals surface area contributed by atoms with Gasteiger partial charge in [0.25, 0.3) is 0 Å². The van der Waals surface area contributed by atoms with Gasteiger partial charge < -0.3 is 15.1 Å². The Morgan fingerprint density at radius 1 is 1.16 bits per heavy atom. The molecule has 0 unspecified atom stereocenters. The van der Waals surface area contributed by atoms with E-state index in [1.807, 2.05) is 11.0 Å². The van der Waals surface area contributed by atoms with Gasteiger partial charge in [-0.05, 0) is 56.0 Å². The van der Waals surface area contributed by atoms with Crippen LogP contribution in [-0.2, 0) is 11.2 Å². The van der Waals surface area contributed by atoms with Crippen molar-refractivity contribution < 1.29 is 9.18 Å². The van der Waals surface area contributed by atoms with E-state index in [4.69, 9.17) is 0 Å². The summed E-state index contributed by atoms with van der Waals surface area (Å²) in [6.07, 6.45) is 3.87. The number of amides is 1. The zero-order valence-electron chi connectivity index (χ0n) is 14.8. The summed E-state index contributed by atoms with van der Waals surface area (Å²) < 4.78 is 13.3. The molecule has 2 fully saturated rings. The number of halogens is 2. The third kappa shape index (κ3) is 6.24. The van der Waals surface area contributed by atoms with E-state index in [1.165, 1.54) is 6.07 Å². The number of nitrogens with one attached hydrogen (secondary N) is 1. The highest BCUT2D eigenvalue weighted by molar-refractivity contribution is 5.85. The minimum Gasteiger partial charge on any atom is -0.340 e. The maximum Gasteiger partial charge on any atom is 0.223 e. The summed E-state index contributed by atoms with van der Waals surface area (Å²) in [5, 5.41) is 3.28. The van der Waals surface area contributed by atoms with Crippen LogP contribution in [0.1, 0.15) is 24.8 Å². The van der Waals surface area contributed by atoms with Gasteiger partial charge in [0.1, 0.15) is 5.82 Å².